The van der Waals surface area contributed by atoms with E-state index in [1.165, 1.54) is 18.2 Å². The third kappa shape index (κ3) is 5.55. The molecule has 2 N–H and O–H groups in total. The zero-order valence-corrected chi connectivity index (χ0v) is 17.5. The molecule has 0 saturated carbocycles. The van der Waals surface area contributed by atoms with Crippen LogP contribution in [-0.4, -0.2) is 43.4 Å². The highest BCUT2D eigenvalue weighted by Crippen LogP contribution is 2.22. The van der Waals surface area contributed by atoms with Gasteiger partial charge < -0.3 is 15.5 Å². The number of rotatable bonds is 5. The predicted molar refractivity (Wildman–Crippen MR) is 115 cm³/mol. The summed E-state index contributed by atoms with van der Waals surface area (Å²) in [4.78, 5) is 27.3. The maximum atomic E-state index is 13.9. The molecular formula is C22H27ClFN3O2. The van der Waals surface area contributed by atoms with Gasteiger partial charge >= 0.3 is 0 Å². The molecule has 1 aliphatic heterocycles. The number of carbonyl (C=O) groups excluding carboxylic acids is 2. The number of amides is 2. The Balaban J connectivity index is 0.00000300. The van der Waals surface area contributed by atoms with Crippen LogP contribution >= 0.6 is 12.4 Å². The average Bonchev–Trinajstić information content (AvgIpc) is 2.70. The van der Waals surface area contributed by atoms with Gasteiger partial charge in [-0.15, -0.1) is 12.4 Å². The molecule has 0 radical (unpaired) electrons. The standard InChI is InChI=1S/C22H26FN3O2.ClH/c1-15-9-10-17(22(28)26-11-5-6-16(14-26)13-24-2)12-20(15)25-21(27)18-7-3-4-8-19(18)23;/h3-4,7-10,12,16,24H,5-6,11,13-14H2,1-2H3,(H,25,27);1H. The lowest BCUT2D eigenvalue weighted by molar-refractivity contribution is 0.0674. The molecule has 1 unspecified atom stereocenters. The molecule has 29 heavy (non-hydrogen) atoms. The van der Waals surface area contributed by atoms with Gasteiger partial charge in [0.05, 0.1) is 5.56 Å². The lowest BCUT2D eigenvalue weighted by atomic mass is 9.97. The van der Waals surface area contributed by atoms with Gasteiger partial charge in [-0.05, 0) is 69.1 Å². The molecular weight excluding hydrogens is 393 g/mol. The molecule has 156 valence electrons. The third-order valence-electron chi connectivity index (χ3n) is 5.15. The highest BCUT2D eigenvalue weighted by Gasteiger charge is 2.24. The van der Waals surface area contributed by atoms with Crippen LogP contribution in [-0.2, 0) is 0 Å². The first kappa shape index (κ1) is 22.8. The summed E-state index contributed by atoms with van der Waals surface area (Å²) in [6.07, 6.45) is 2.10. The van der Waals surface area contributed by atoms with Gasteiger partial charge in [-0.2, -0.15) is 0 Å². The van der Waals surface area contributed by atoms with Crippen molar-refractivity contribution in [1.29, 1.82) is 0 Å². The van der Waals surface area contributed by atoms with Crippen molar-refractivity contribution < 1.29 is 14.0 Å². The Labute approximate surface area is 177 Å². The summed E-state index contributed by atoms with van der Waals surface area (Å²) >= 11 is 0. The topological polar surface area (TPSA) is 61.4 Å². The van der Waals surface area contributed by atoms with Crippen molar-refractivity contribution in [3.05, 3.63) is 65.0 Å². The van der Waals surface area contributed by atoms with Gasteiger partial charge in [-0.25, -0.2) is 4.39 Å². The van der Waals surface area contributed by atoms with Crippen LogP contribution in [0.5, 0.6) is 0 Å². The SMILES string of the molecule is CNCC1CCCN(C(=O)c2ccc(C)c(NC(=O)c3ccccc3F)c2)C1.Cl. The van der Waals surface area contributed by atoms with Crippen LogP contribution in [0.2, 0.25) is 0 Å². The van der Waals surface area contributed by atoms with Crippen molar-refractivity contribution in [2.24, 2.45) is 5.92 Å². The average molecular weight is 420 g/mol. The molecule has 1 heterocycles. The lowest BCUT2D eigenvalue weighted by Gasteiger charge is -2.33. The summed E-state index contributed by atoms with van der Waals surface area (Å²) in [5, 5.41) is 5.91. The van der Waals surface area contributed by atoms with E-state index >= 15 is 0 Å². The molecule has 1 saturated heterocycles. The molecule has 2 amide bonds. The summed E-state index contributed by atoms with van der Waals surface area (Å²) in [5.41, 5.74) is 1.83. The fraction of sp³-hybridized carbons (Fsp3) is 0.364. The predicted octanol–water partition coefficient (Wildman–Crippen LogP) is 3.88. The minimum Gasteiger partial charge on any atom is -0.338 e. The second kappa shape index (κ2) is 10.4. The van der Waals surface area contributed by atoms with Crippen LogP contribution in [0.3, 0.4) is 0 Å². The highest BCUT2D eigenvalue weighted by molar-refractivity contribution is 6.05. The molecule has 1 atom stereocenters. The fourth-order valence-electron chi connectivity index (χ4n) is 3.61. The van der Waals surface area contributed by atoms with Crippen molar-refractivity contribution in [3.8, 4) is 0 Å². The molecule has 7 heteroatoms. The van der Waals surface area contributed by atoms with Gasteiger partial charge in [-0.3, -0.25) is 9.59 Å². The van der Waals surface area contributed by atoms with Crippen LogP contribution in [0.4, 0.5) is 10.1 Å². The van der Waals surface area contributed by atoms with E-state index in [4.69, 9.17) is 0 Å². The number of nitrogens with one attached hydrogen (secondary N) is 2. The number of nitrogens with zero attached hydrogens (tertiary/aromatic N) is 1. The normalized spacial score (nSPS) is 16.1. The van der Waals surface area contributed by atoms with Gasteiger partial charge in [0.15, 0.2) is 0 Å². The Kier molecular flexibility index (Phi) is 8.17. The number of aryl methyl sites for hydroxylation is 1. The Bertz CT molecular complexity index is 873. The van der Waals surface area contributed by atoms with E-state index in [1.54, 1.807) is 24.3 Å². The number of halogens is 2. The maximum absolute atomic E-state index is 13.9. The van der Waals surface area contributed by atoms with Crippen LogP contribution in [0.25, 0.3) is 0 Å². The van der Waals surface area contributed by atoms with Crippen molar-refractivity contribution in [3.63, 3.8) is 0 Å². The van der Waals surface area contributed by atoms with E-state index in [1.807, 2.05) is 18.9 Å². The Morgan fingerprint density at radius 3 is 2.69 bits per heavy atom. The molecule has 1 fully saturated rings. The molecule has 0 aliphatic carbocycles. The third-order valence-corrected chi connectivity index (χ3v) is 5.15. The number of benzene rings is 2. The van der Waals surface area contributed by atoms with Crippen LogP contribution in [0, 0.1) is 18.7 Å². The van der Waals surface area contributed by atoms with Crippen molar-refractivity contribution in [1.82, 2.24) is 10.2 Å². The summed E-state index contributed by atoms with van der Waals surface area (Å²) in [5.74, 6) is -0.692. The van der Waals surface area contributed by atoms with Crippen molar-refractivity contribution in [2.75, 3.05) is 32.0 Å². The zero-order chi connectivity index (χ0) is 20.1. The lowest BCUT2D eigenvalue weighted by Crippen LogP contribution is -2.42. The first-order valence-electron chi connectivity index (χ1n) is 9.60. The second-order valence-electron chi connectivity index (χ2n) is 7.28. The largest absolute Gasteiger partial charge is 0.338 e. The molecule has 0 aromatic heterocycles. The fourth-order valence-corrected chi connectivity index (χ4v) is 3.61. The molecule has 2 aromatic rings. The van der Waals surface area contributed by atoms with Gasteiger partial charge in [0.1, 0.15) is 5.82 Å². The van der Waals surface area contributed by atoms with E-state index in [2.05, 4.69) is 10.6 Å². The van der Waals surface area contributed by atoms with E-state index < -0.39 is 11.7 Å². The highest BCUT2D eigenvalue weighted by atomic mass is 35.5. The molecule has 5 nitrogen and oxygen atoms in total. The number of likely N-dealkylation sites (tertiary alicyclic amines) is 1. The zero-order valence-electron chi connectivity index (χ0n) is 16.7. The molecule has 0 spiro atoms. The van der Waals surface area contributed by atoms with Crippen LogP contribution in [0.1, 0.15) is 39.1 Å². The monoisotopic (exact) mass is 419 g/mol. The van der Waals surface area contributed by atoms with Gasteiger partial charge in [-0.1, -0.05) is 18.2 Å². The molecule has 0 bridgehead atoms. The Hall–Kier alpha value is -2.44. The number of hydrogen-bond donors (Lipinski definition) is 2. The van der Waals surface area contributed by atoms with E-state index in [-0.39, 0.29) is 23.9 Å². The summed E-state index contributed by atoms with van der Waals surface area (Å²) in [6.45, 7) is 4.20. The first-order valence-corrected chi connectivity index (χ1v) is 9.60. The number of hydrogen-bond acceptors (Lipinski definition) is 3. The van der Waals surface area contributed by atoms with E-state index in [0.29, 0.717) is 17.2 Å². The minimum atomic E-state index is -0.575. The smallest absolute Gasteiger partial charge is 0.258 e. The molecule has 1 aliphatic rings. The molecule has 2 aromatic carbocycles. The Morgan fingerprint density at radius 1 is 1.21 bits per heavy atom. The van der Waals surface area contributed by atoms with Crippen LogP contribution in [0.15, 0.2) is 42.5 Å². The van der Waals surface area contributed by atoms with Crippen molar-refractivity contribution >= 4 is 29.9 Å². The quantitative estimate of drug-likeness (QED) is 0.773. The number of piperidine rings is 1. The van der Waals surface area contributed by atoms with Gasteiger partial charge in [0.2, 0.25) is 0 Å². The Morgan fingerprint density at radius 2 is 1.97 bits per heavy atom. The minimum absolute atomic E-state index is 0. The second-order valence-corrected chi connectivity index (χ2v) is 7.28. The van der Waals surface area contributed by atoms with Gasteiger partial charge in [0, 0.05) is 24.3 Å². The van der Waals surface area contributed by atoms with Crippen molar-refractivity contribution in [2.45, 2.75) is 19.8 Å². The van der Waals surface area contributed by atoms with Gasteiger partial charge in [0.25, 0.3) is 11.8 Å². The molecule has 3 rings (SSSR count). The maximum Gasteiger partial charge on any atom is 0.258 e. The van der Waals surface area contributed by atoms with E-state index in [0.717, 1.165) is 38.0 Å². The summed E-state index contributed by atoms with van der Waals surface area (Å²) < 4.78 is 13.9. The summed E-state index contributed by atoms with van der Waals surface area (Å²) in [7, 11) is 1.92. The first-order chi connectivity index (χ1) is 13.5. The van der Waals surface area contributed by atoms with Crippen LogP contribution < -0.4 is 10.6 Å². The van der Waals surface area contributed by atoms with E-state index in [9.17, 15) is 14.0 Å². The number of anilines is 1. The summed E-state index contributed by atoms with van der Waals surface area (Å²) in [6, 6.07) is 11.1. The number of carbonyl (C=O) groups is 2.